The van der Waals surface area contributed by atoms with E-state index in [4.69, 9.17) is 11.6 Å². The third kappa shape index (κ3) is 2.02. The van der Waals surface area contributed by atoms with Gasteiger partial charge in [-0.3, -0.25) is 0 Å². The highest BCUT2D eigenvalue weighted by molar-refractivity contribution is 6.32. The van der Waals surface area contributed by atoms with E-state index in [1.54, 1.807) is 6.20 Å². The lowest BCUT2D eigenvalue weighted by molar-refractivity contribution is 0.0861. The maximum atomic E-state index is 10.6. The zero-order valence-electron chi connectivity index (χ0n) is 10.2. The van der Waals surface area contributed by atoms with Crippen molar-refractivity contribution in [1.82, 2.24) is 9.97 Å². The third-order valence-corrected chi connectivity index (χ3v) is 4.27. The van der Waals surface area contributed by atoms with E-state index in [9.17, 15) is 5.11 Å². The average Bonchev–Trinajstić information content (AvgIpc) is 2.87. The summed E-state index contributed by atoms with van der Waals surface area (Å²) in [6.45, 7) is 0. The summed E-state index contributed by atoms with van der Waals surface area (Å²) >= 11 is 6.24. The van der Waals surface area contributed by atoms with E-state index in [2.05, 4.69) is 9.97 Å². The van der Waals surface area contributed by atoms with Crippen LogP contribution in [0.5, 0.6) is 0 Å². The van der Waals surface area contributed by atoms with Crippen LogP contribution in [0.3, 0.4) is 0 Å². The quantitative estimate of drug-likeness (QED) is 0.866. The summed E-state index contributed by atoms with van der Waals surface area (Å²) in [5, 5.41) is 12.1. The largest absolute Gasteiger partial charge is 0.388 e. The monoisotopic (exact) mass is 264 g/mol. The van der Waals surface area contributed by atoms with Crippen molar-refractivity contribution in [2.75, 3.05) is 0 Å². The van der Waals surface area contributed by atoms with Crippen LogP contribution in [0.15, 0.2) is 18.5 Å². The molecule has 2 aromatic heterocycles. The fourth-order valence-corrected chi connectivity index (χ4v) is 3.25. The Hall–Kier alpha value is -1.06. The van der Waals surface area contributed by atoms with Crippen molar-refractivity contribution in [2.45, 2.75) is 38.2 Å². The van der Waals surface area contributed by atoms with Crippen molar-refractivity contribution >= 4 is 22.6 Å². The maximum absolute atomic E-state index is 10.6. The van der Waals surface area contributed by atoms with E-state index in [0.717, 1.165) is 29.4 Å². The normalized spacial score (nSPS) is 19.2. The van der Waals surface area contributed by atoms with Crippen LogP contribution in [-0.2, 0) is 0 Å². The Bertz CT molecular complexity index is 546. The van der Waals surface area contributed by atoms with Gasteiger partial charge in [0.2, 0.25) is 0 Å². The lowest BCUT2D eigenvalue weighted by Crippen LogP contribution is -2.16. The molecule has 2 aromatic rings. The number of nitrogens with one attached hydrogen (secondary N) is 1. The number of aliphatic hydroxyl groups is 1. The summed E-state index contributed by atoms with van der Waals surface area (Å²) in [4.78, 5) is 7.29. The molecule has 96 valence electrons. The number of pyridine rings is 1. The number of hydrogen-bond acceptors (Lipinski definition) is 2. The van der Waals surface area contributed by atoms with Gasteiger partial charge in [-0.1, -0.05) is 30.9 Å². The van der Waals surface area contributed by atoms with Gasteiger partial charge in [-0.25, -0.2) is 4.98 Å². The molecule has 0 aromatic carbocycles. The number of nitrogens with zero attached hydrogens (tertiary/aromatic N) is 1. The number of H-pyrrole nitrogens is 1. The van der Waals surface area contributed by atoms with E-state index in [0.29, 0.717) is 10.9 Å². The second-order valence-electron chi connectivity index (χ2n) is 5.10. The second kappa shape index (κ2) is 4.90. The smallest absolute Gasteiger partial charge is 0.137 e. The van der Waals surface area contributed by atoms with Gasteiger partial charge in [0.05, 0.1) is 11.1 Å². The first-order valence-corrected chi connectivity index (χ1v) is 6.94. The maximum Gasteiger partial charge on any atom is 0.137 e. The zero-order chi connectivity index (χ0) is 12.5. The molecule has 1 aliphatic carbocycles. The Morgan fingerprint density at radius 1 is 1.33 bits per heavy atom. The van der Waals surface area contributed by atoms with Gasteiger partial charge in [-0.2, -0.15) is 0 Å². The van der Waals surface area contributed by atoms with Crippen LogP contribution in [0, 0.1) is 5.92 Å². The molecule has 4 heteroatoms. The van der Waals surface area contributed by atoms with Gasteiger partial charge in [-0.15, -0.1) is 0 Å². The van der Waals surface area contributed by atoms with Crippen molar-refractivity contribution in [3.63, 3.8) is 0 Å². The first kappa shape index (κ1) is 12.0. The third-order valence-electron chi connectivity index (χ3n) is 3.97. The van der Waals surface area contributed by atoms with Gasteiger partial charge < -0.3 is 10.1 Å². The van der Waals surface area contributed by atoms with E-state index in [-0.39, 0.29) is 0 Å². The molecule has 0 saturated heterocycles. The fourth-order valence-electron chi connectivity index (χ4n) is 2.99. The number of aromatic amines is 1. The van der Waals surface area contributed by atoms with Crippen LogP contribution in [-0.4, -0.2) is 15.1 Å². The van der Waals surface area contributed by atoms with E-state index >= 15 is 0 Å². The minimum atomic E-state index is -0.473. The molecule has 2 heterocycles. The van der Waals surface area contributed by atoms with Crippen LogP contribution >= 0.6 is 11.6 Å². The summed E-state index contributed by atoms with van der Waals surface area (Å²) in [6, 6.07) is 1.94. The number of aromatic nitrogens is 2. The molecule has 0 spiro atoms. The molecule has 3 rings (SSSR count). The minimum Gasteiger partial charge on any atom is -0.388 e. The summed E-state index contributed by atoms with van der Waals surface area (Å²) < 4.78 is 0. The van der Waals surface area contributed by atoms with Crippen LogP contribution < -0.4 is 0 Å². The fraction of sp³-hybridized carbons (Fsp3) is 0.500. The lowest BCUT2D eigenvalue weighted by Gasteiger charge is -2.27. The molecule has 1 aliphatic rings. The van der Waals surface area contributed by atoms with Gasteiger partial charge >= 0.3 is 0 Å². The summed E-state index contributed by atoms with van der Waals surface area (Å²) in [5.41, 5.74) is 1.64. The Morgan fingerprint density at radius 2 is 2.11 bits per heavy atom. The Morgan fingerprint density at radius 3 is 2.89 bits per heavy atom. The second-order valence-corrected chi connectivity index (χ2v) is 5.51. The van der Waals surface area contributed by atoms with Crippen LogP contribution in [0.25, 0.3) is 11.0 Å². The predicted octanol–water partition coefficient (Wildman–Crippen LogP) is 3.83. The molecular weight excluding hydrogens is 248 g/mol. The molecule has 0 aliphatic heterocycles. The van der Waals surface area contributed by atoms with Crippen LogP contribution in [0.1, 0.15) is 43.8 Å². The van der Waals surface area contributed by atoms with Gasteiger partial charge in [0.25, 0.3) is 0 Å². The highest BCUT2D eigenvalue weighted by Crippen LogP contribution is 2.39. The number of fused-ring (bicyclic) bond motifs is 1. The van der Waals surface area contributed by atoms with Crippen LogP contribution in [0.2, 0.25) is 5.02 Å². The summed E-state index contributed by atoms with van der Waals surface area (Å²) in [7, 11) is 0. The van der Waals surface area contributed by atoms with Crippen molar-refractivity contribution in [2.24, 2.45) is 5.92 Å². The molecule has 18 heavy (non-hydrogen) atoms. The average molecular weight is 265 g/mol. The molecule has 1 atom stereocenters. The number of halogens is 1. The molecule has 0 radical (unpaired) electrons. The first-order chi connectivity index (χ1) is 8.77. The molecule has 2 N–H and O–H groups in total. The van der Waals surface area contributed by atoms with Gasteiger partial charge in [0.1, 0.15) is 5.65 Å². The summed E-state index contributed by atoms with van der Waals surface area (Å²) in [5.74, 6) is 0.330. The van der Waals surface area contributed by atoms with Crippen molar-refractivity contribution in [3.05, 3.63) is 29.0 Å². The Kier molecular flexibility index (Phi) is 3.27. The first-order valence-electron chi connectivity index (χ1n) is 6.57. The highest BCUT2D eigenvalue weighted by atomic mass is 35.5. The molecule has 1 fully saturated rings. The van der Waals surface area contributed by atoms with E-state index in [1.165, 1.54) is 19.3 Å². The SMILES string of the molecule is OC(c1c(Cl)cnc2[nH]ccc12)C1CCCCC1. The number of aliphatic hydroxyl groups excluding tert-OH is 1. The minimum absolute atomic E-state index is 0.330. The van der Waals surface area contributed by atoms with Crippen molar-refractivity contribution in [1.29, 1.82) is 0 Å². The topological polar surface area (TPSA) is 48.9 Å². The predicted molar refractivity (Wildman–Crippen MR) is 72.6 cm³/mol. The Labute approximate surface area is 111 Å². The molecule has 0 bridgehead atoms. The summed E-state index contributed by atoms with van der Waals surface area (Å²) in [6.07, 6.45) is 8.87. The van der Waals surface area contributed by atoms with Crippen molar-refractivity contribution in [3.8, 4) is 0 Å². The zero-order valence-corrected chi connectivity index (χ0v) is 11.0. The number of rotatable bonds is 2. The standard InChI is InChI=1S/C14H17ClN2O/c15-11-8-17-14-10(6-7-16-14)12(11)13(18)9-4-2-1-3-5-9/h6-9,13,18H,1-5H2,(H,16,17). The molecule has 0 amide bonds. The van der Waals surface area contributed by atoms with Crippen LogP contribution in [0.4, 0.5) is 0 Å². The number of hydrogen-bond donors (Lipinski definition) is 2. The van der Waals surface area contributed by atoms with E-state index < -0.39 is 6.10 Å². The van der Waals surface area contributed by atoms with Gasteiger partial charge in [0, 0.05) is 23.3 Å². The highest BCUT2D eigenvalue weighted by Gasteiger charge is 2.26. The molecule has 1 unspecified atom stereocenters. The Balaban J connectivity index is 2.01. The lowest BCUT2D eigenvalue weighted by atomic mass is 9.82. The molecule has 1 saturated carbocycles. The van der Waals surface area contributed by atoms with Gasteiger partial charge in [0.15, 0.2) is 0 Å². The molecular formula is C14H17ClN2O. The van der Waals surface area contributed by atoms with E-state index in [1.807, 2.05) is 12.3 Å². The molecule has 3 nitrogen and oxygen atoms in total. The van der Waals surface area contributed by atoms with Crippen molar-refractivity contribution < 1.29 is 5.11 Å². The van der Waals surface area contributed by atoms with Gasteiger partial charge in [-0.05, 0) is 24.8 Å².